The molecule has 0 atom stereocenters. The lowest BCUT2D eigenvalue weighted by Gasteiger charge is -2.04. The highest BCUT2D eigenvalue weighted by atomic mass is 32.2. The molecule has 0 spiro atoms. The molecule has 0 amide bonds. The summed E-state index contributed by atoms with van der Waals surface area (Å²) >= 11 is 1.51. The Bertz CT molecular complexity index is 943. The van der Waals surface area contributed by atoms with Gasteiger partial charge in [-0.05, 0) is 24.6 Å². The number of nitro groups is 1. The van der Waals surface area contributed by atoms with Crippen LogP contribution >= 0.6 is 11.8 Å². The van der Waals surface area contributed by atoms with E-state index in [-0.39, 0.29) is 11.4 Å². The minimum absolute atomic E-state index is 0.0942. The Morgan fingerprint density at radius 1 is 1.30 bits per heavy atom. The molecule has 3 rings (SSSR count). The maximum Gasteiger partial charge on any atom is 0.311 e. The van der Waals surface area contributed by atoms with E-state index in [2.05, 4.69) is 15.3 Å². The molecule has 9 heteroatoms. The molecule has 0 fully saturated rings. The molecule has 8 nitrogen and oxygen atoms in total. The smallest absolute Gasteiger partial charge is 0.311 e. The Morgan fingerprint density at radius 2 is 2.11 bits per heavy atom. The van der Waals surface area contributed by atoms with Gasteiger partial charge in [-0.2, -0.15) is 9.78 Å². The van der Waals surface area contributed by atoms with Crippen LogP contribution in [0.3, 0.4) is 0 Å². The molecule has 0 aliphatic carbocycles. The highest BCUT2D eigenvalue weighted by Gasteiger charge is 2.15. The zero-order valence-corrected chi connectivity index (χ0v) is 15.4. The van der Waals surface area contributed by atoms with Crippen LogP contribution in [0.2, 0.25) is 0 Å². The van der Waals surface area contributed by atoms with E-state index in [1.165, 1.54) is 40.6 Å². The SMILES string of the molecule is CCOc1ccc(/C=N/n2cnnc2SCc2ccccc2)cc1[N+](=O)[O-]. The molecule has 1 aromatic heterocycles. The third kappa shape index (κ3) is 4.91. The lowest BCUT2D eigenvalue weighted by molar-refractivity contribution is -0.385. The van der Waals surface area contributed by atoms with Crippen molar-refractivity contribution >= 4 is 23.7 Å². The number of benzene rings is 2. The zero-order chi connectivity index (χ0) is 19.1. The Balaban J connectivity index is 1.74. The molecule has 0 saturated carbocycles. The summed E-state index contributed by atoms with van der Waals surface area (Å²) in [6.45, 7) is 2.14. The molecular weight excluding hydrogens is 366 g/mol. The highest BCUT2D eigenvalue weighted by molar-refractivity contribution is 7.98. The van der Waals surface area contributed by atoms with Crippen LogP contribution in [0.1, 0.15) is 18.1 Å². The average molecular weight is 383 g/mol. The summed E-state index contributed by atoms with van der Waals surface area (Å²) in [5, 5.41) is 24.1. The van der Waals surface area contributed by atoms with Gasteiger partial charge in [0.2, 0.25) is 5.16 Å². The average Bonchev–Trinajstić information content (AvgIpc) is 3.14. The first-order valence-corrected chi connectivity index (χ1v) is 9.18. The zero-order valence-electron chi connectivity index (χ0n) is 14.6. The van der Waals surface area contributed by atoms with Gasteiger partial charge < -0.3 is 4.74 Å². The fourth-order valence-corrected chi connectivity index (χ4v) is 3.10. The summed E-state index contributed by atoms with van der Waals surface area (Å²) in [5.74, 6) is 0.979. The lowest BCUT2D eigenvalue weighted by atomic mass is 10.2. The van der Waals surface area contributed by atoms with Crippen LogP contribution in [-0.2, 0) is 5.75 Å². The second kappa shape index (κ2) is 8.95. The van der Waals surface area contributed by atoms with Crippen LogP contribution in [0.25, 0.3) is 0 Å². The first kappa shape index (κ1) is 18.6. The molecule has 3 aromatic rings. The van der Waals surface area contributed by atoms with Crippen LogP contribution in [0.4, 0.5) is 5.69 Å². The minimum Gasteiger partial charge on any atom is -0.487 e. The fourth-order valence-electron chi connectivity index (χ4n) is 2.28. The van der Waals surface area contributed by atoms with Crippen molar-refractivity contribution in [3.63, 3.8) is 0 Å². The molecular formula is C18H17N5O3S. The highest BCUT2D eigenvalue weighted by Crippen LogP contribution is 2.27. The van der Waals surface area contributed by atoms with Crippen LogP contribution in [0, 0.1) is 10.1 Å². The summed E-state index contributed by atoms with van der Waals surface area (Å²) in [7, 11) is 0. The summed E-state index contributed by atoms with van der Waals surface area (Å²) in [4.78, 5) is 10.7. The number of hydrogen-bond donors (Lipinski definition) is 0. The topological polar surface area (TPSA) is 95.4 Å². The van der Waals surface area contributed by atoms with Crippen molar-refractivity contribution in [3.8, 4) is 5.75 Å². The summed E-state index contributed by atoms with van der Waals surface area (Å²) < 4.78 is 6.82. The van der Waals surface area contributed by atoms with Gasteiger partial charge in [0.25, 0.3) is 0 Å². The Hall–Kier alpha value is -3.20. The van der Waals surface area contributed by atoms with Gasteiger partial charge in [-0.15, -0.1) is 10.2 Å². The number of rotatable bonds is 8. The van der Waals surface area contributed by atoms with Gasteiger partial charge in [-0.3, -0.25) is 10.1 Å². The van der Waals surface area contributed by atoms with Crippen molar-refractivity contribution in [3.05, 3.63) is 76.1 Å². The molecule has 0 bridgehead atoms. The largest absolute Gasteiger partial charge is 0.487 e. The number of nitro benzene ring substituents is 1. The fraction of sp³-hybridized carbons (Fsp3) is 0.167. The van der Waals surface area contributed by atoms with E-state index in [1.54, 1.807) is 19.1 Å². The molecule has 0 radical (unpaired) electrons. The van der Waals surface area contributed by atoms with Crippen molar-refractivity contribution in [2.24, 2.45) is 5.10 Å². The van der Waals surface area contributed by atoms with E-state index in [0.717, 1.165) is 5.75 Å². The van der Waals surface area contributed by atoms with Gasteiger partial charge in [0.15, 0.2) is 5.75 Å². The quantitative estimate of drug-likeness (QED) is 0.254. The molecule has 27 heavy (non-hydrogen) atoms. The second-order valence-electron chi connectivity index (χ2n) is 5.39. The number of nitrogens with zero attached hydrogens (tertiary/aromatic N) is 5. The predicted molar refractivity (Wildman–Crippen MR) is 103 cm³/mol. The van der Waals surface area contributed by atoms with Crippen LogP contribution in [0.15, 0.2) is 65.1 Å². The summed E-state index contributed by atoms with van der Waals surface area (Å²) in [5.41, 5.74) is 1.66. The van der Waals surface area contributed by atoms with Gasteiger partial charge >= 0.3 is 5.69 Å². The molecule has 0 saturated heterocycles. The molecule has 0 aliphatic heterocycles. The Kier molecular flexibility index (Phi) is 6.16. The van der Waals surface area contributed by atoms with Gasteiger partial charge in [0, 0.05) is 17.4 Å². The van der Waals surface area contributed by atoms with E-state index < -0.39 is 4.92 Å². The van der Waals surface area contributed by atoms with Gasteiger partial charge in [-0.1, -0.05) is 42.1 Å². The molecule has 0 N–H and O–H groups in total. The second-order valence-corrected chi connectivity index (χ2v) is 6.34. The van der Waals surface area contributed by atoms with Crippen LogP contribution in [-0.4, -0.2) is 32.6 Å². The van der Waals surface area contributed by atoms with E-state index in [4.69, 9.17) is 4.74 Å². The van der Waals surface area contributed by atoms with E-state index in [1.807, 2.05) is 30.3 Å². The van der Waals surface area contributed by atoms with Crippen molar-refractivity contribution in [1.82, 2.24) is 14.9 Å². The summed E-state index contributed by atoms with van der Waals surface area (Å²) in [6, 6.07) is 14.7. The third-order valence-electron chi connectivity index (χ3n) is 3.52. The maximum atomic E-state index is 11.2. The Labute approximate surface area is 160 Å². The number of hydrogen-bond acceptors (Lipinski definition) is 7. The van der Waals surface area contributed by atoms with Crippen LogP contribution in [0.5, 0.6) is 5.75 Å². The van der Waals surface area contributed by atoms with Gasteiger partial charge in [0.05, 0.1) is 17.7 Å². The maximum absolute atomic E-state index is 11.2. The van der Waals surface area contributed by atoms with Crippen molar-refractivity contribution in [2.75, 3.05) is 6.61 Å². The number of aromatic nitrogens is 3. The van der Waals surface area contributed by atoms with Crippen molar-refractivity contribution < 1.29 is 9.66 Å². The van der Waals surface area contributed by atoms with Crippen molar-refractivity contribution in [2.45, 2.75) is 17.8 Å². The number of thioether (sulfide) groups is 1. The minimum atomic E-state index is -0.470. The lowest BCUT2D eigenvalue weighted by Crippen LogP contribution is -1.99. The monoisotopic (exact) mass is 383 g/mol. The van der Waals surface area contributed by atoms with Gasteiger partial charge in [0.1, 0.15) is 6.33 Å². The van der Waals surface area contributed by atoms with E-state index in [9.17, 15) is 10.1 Å². The molecule has 0 aliphatic rings. The van der Waals surface area contributed by atoms with Crippen LogP contribution < -0.4 is 4.74 Å². The molecule has 138 valence electrons. The predicted octanol–water partition coefficient (Wildman–Crippen LogP) is 3.76. The normalized spacial score (nSPS) is 11.0. The van der Waals surface area contributed by atoms with Crippen molar-refractivity contribution in [1.29, 1.82) is 0 Å². The number of ether oxygens (including phenoxy) is 1. The Morgan fingerprint density at radius 3 is 2.85 bits per heavy atom. The summed E-state index contributed by atoms with van der Waals surface area (Å²) in [6.07, 6.45) is 3.02. The molecule has 1 heterocycles. The van der Waals surface area contributed by atoms with E-state index in [0.29, 0.717) is 17.3 Å². The first-order chi connectivity index (χ1) is 13.2. The van der Waals surface area contributed by atoms with Gasteiger partial charge in [-0.25, -0.2) is 0 Å². The third-order valence-corrected chi connectivity index (χ3v) is 4.53. The molecule has 0 unspecified atom stereocenters. The first-order valence-electron chi connectivity index (χ1n) is 8.19. The molecule has 2 aromatic carbocycles. The van der Waals surface area contributed by atoms with E-state index >= 15 is 0 Å². The standard InChI is InChI=1S/C18H17N5O3S/c1-2-26-17-9-8-15(10-16(17)23(24)25)11-20-22-13-19-21-18(22)27-12-14-6-4-3-5-7-14/h3-11,13H,2,12H2,1H3/b20-11+.